The second kappa shape index (κ2) is 9.76. The Bertz CT molecular complexity index is 570. The van der Waals surface area contributed by atoms with Crippen LogP contribution in [0.5, 0.6) is 0 Å². The predicted molar refractivity (Wildman–Crippen MR) is 129 cm³/mol. The monoisotopic (exact) mass is 443 g/mol. The maximum absolute atomic E-state index is 14.0. The van der Waals surface area contributed by atoms with E-state index >= 15 is 0 Å². The molecule has 0 heterocycles. The predicted octanol–water partition coefficient (Wildman–Crippen LogP) is 5.26. The van der Waals surface area contributed by atoms with Gasteiger partial charge in [-0.15, -0.1) is 0 Å². The van der Waals surface area contributed by atoms with Crippen molar-refractivity contribution in [3.63, 3.8) is 0 Å². The van der Waals surface area contributed by atoms with Gasteiger partial charge in [0.05, 0.1) is 0 Å². The van der Waals surface area contributed by atoms with Gasteiger partial charge in [0, 0.05) is 29.5 Å². The van der Waals surface area contributed by atoms with Gasteiger partial charge in [0.15, 0.2) is 0 Å². The van der Waals surface area contributed by atoms with Crippen molar-refractivity contribution in [3.05, 3.63) is 0 Å². The van der Waals surface area contributed by atoms with Gasteiger partial charge in [0.25, 0.3) is 0 Å². The van der Waals surface area contributed by atoms with Gasteiger partial charge in [0.1, 0.15) is 5.67 Å². The average Bonchev–Trinajstić information content (AvgIpc) is 2.24. The topological polar surface area (TPSA) is 84.2 Å². The van der Waals surface area contributed by atoms with Crippen LogP contribution in [0.15, 0.2) is 0 Å². The first-order chi connectivity index (χ1) is 13.3. The summed E-state index contributed by atoms with van der Waals surface area (Å²) in [6, 6.07) is 0. The summed E-state index contributed by atoms with van der Waals surface area (Å²) in [6.45, 7) is 22.8. The molecule has 0 aliphatic rings. The van der Waals surface area contributed by atoms with E-state index in [4.69, 9.17) is 5.73 Å². The molecule has 6 heteroatoms. The Morgan fingerprint density at radius 2 is 0.968 bits per heavy atom. The van der Waals surface area contributed by atoms with Crippen molar-refractivity contribution in [2.75, 3.05) is 0 Å². The number of hydrogen-bond acceptors (Lipinski definition) is 3. The summed E-state index contributed by atoms with van der Waals surface area (Å²) in [4.78, 5) is 25.4. The first-order valence-corrected chi connectivity index (χ1v) is 11.4. The highest BCUT2D eigenvalue weighted by atomic mass is 19.1. The van der Waals surface area contributed by atoms with Crippen molar-refractivity contribution >= 4 is 11.8 Å². The molecule has 0 saturated carbocycles. The van der Waals surface area contributed by atoms with E-state index in [-0.39, 0.29) is 29.2 Å². The van der Waals surface area contributed by atoms with Crippen LogP contribution in [0.25, 0.3) is 0 Å². The summed E-state index contributed by atoms with van der Waals surface area (Å²) < 4.78 is 14.0. The zero-order chi connectivity index (χ0) is 25.1. The van der Waals surface area contributed by atoms with Crippen LogP contribution in [-0.2, 0) is 9.59 Å². The highest BCUT2D eigenvalue weighted by Gasteiger charge is 2.36. The number of rotatable bonds is 12. The minimum Gasteiger partial charge on any atom is -0.351 e. The molecule has 0 aromatic rings. The van der Waals surface area contributed by atoms with Crippen molar-refractivity contribution < 1.29 is 14.0 Å². The maximum Gasteiger partial charge on any atom is 0.220 e. The molecule has 4 N–H and O–H groups in total. The minimum atomic E-state index is -1.32. The lowest BCUT2D eigenvalue weighted by molar-refractivity contribution is -0.125. The number of halogens is 1. The summed E-state index contributed by atoms with van der Waals surface area (Å²) in [5, 5.41) is 6.20. The summed E-state index contributed by atoms with van der Waals surface area (Å²) in [5.41, 5.74) is 2.81. The molecule has 0 fully saturated rings. The number of carbonyl (C=O) groups is 2. The van der Waals surface area contributed by atoms with E-state index in [0.717, 1.165) is 6.42 Å². The van der Waals surface area contributed by atoms with Gasteiger partial charge in [0.2, 0.25) is 11.8 Å². The van der Waals surface area contributed by atoms with Gasteiger partial charge in [-0.1, -0.05) is 27.7 Å². The van der Waals surface area contributed by atoms with Crippen LogP contribution in [0.2, 0.25) is 0 Å². The molecular weight excluding hydrogens is 393 g/mol. The Hall–Kier alpha value is -1.17. The normalized spacial score (nSPS) is 14.4. The molecule has 0 aromatic heterocycles. The Kier molecular flexibility index (Phi) is 9.39. The number of alkyl halides is 1. The van der Waals surface area contributed by atoms with Crippen molar-refractivity contribution in [2.24, 2.45) is 16.6 Å². The van der Waals surface area contributed by atoms with Gasteiger partial charge >= 0.3 is 0 Å². The van der Waals surface area contributed by atoms with E-state index < -0.39 is 22.2 Å². The Balaban J connectivity index is 4.92. The summed E-state index contributed by atoms with van der Waals surface area (Å²) >= 11 is 0. The second-order valence-corrected chi connectivity index (χ2v) is 13.8. The van der Waals surface area contributed by atoms with E-state index in [9.17, 15) is 14.0 Å². The lowest BCUT2D eigenvalue weighted by Gasteiger charge is -2.38. The third kappa shape index (κ3) is 15.3. The van der Waals surface area contributed by atoms with Gasteiger partial charge < -0.3 is 16.4 Å². The molecule has 0 aliphatic heterocycles. The van der Waals surface area contributed by atoms with Crippen LogP contribution in [0.4, 0.5) is 4.39 Å². The third-order valence-electron chi connectivity index (χ3n) is 4.95. The molecule has 0 atom stereocenters. The van der Waals surface area contributed by atoms with E-state index in [0.29, 0.717) is 19.3 Å². The van der Waals surface area contributed by atoms with Gasteiger partial charge in [-0.05, 0) is 85.5 Å². The van der Waals surface area contributed by atoms with Crippen LogP contribution >= 0.6 is 0 Å². The van der Waals surface area contributed by atoms with Crippen molar-refractivity contribution in [1.29, 1.82) is 0 Å². The molecule has 0 radical (unpaired) electrons. The van der Waals surface area contributed by atoms with Crippen molar-refractivity contribution in [3.8, 4) is 0 Å². The van der Waals surface area contributed by atoms with Gasteiger partial charge in [-0.25, -0.2) is 4.39 Å². The largest absolute Gasteiger partial charge is 0.351 e. The quantitative estimate of drug-likeness (QED) is 0.384. The number of nitrogens with one attached hydrogen (secondary N) is 2. The molecular formula is C25H50FN3O2. The Labute approximate surface area is 190 Å². The van der Waals surface area contributed by atoms with Crippen LogP contribution in [0.1, 0.15) is 115 Å². The first-order valence-electron chi connectivity index (χ1n) is 11.4. The molecule has 0 rings (SSSR count). The fourth-order valence-electron chi connectivity index (χ4n) is 5.40. The lowest BCUT2D eigenvalue weighted by Crippen LogP contribution is -2.54. The molecule has 5 nitrogen and oxygen atoms in total. The van der Waals surface area contributed by atoms with E-state index in [2.05, 4.69) is 24.5 Å². The molecule has 2 amide bonds. The molecule has 0 aromatic carbocycles. The van der Waals surface area contributed by atoms with Crippen molar-refractivity contribution in [1.82, 2.24) is 10.6 Å². The highest BCUT2D eigenvalue weighted by molar-refractivity contribution is 5.78. The van der Waals surface area contributed by atoms with Gasteiger partial charge in [-0.2, -0.15) is 0 Å². The number of nitrogens with two attached hydrogens (primary N) is 1. The highest BCUT2D eigenvalue weighted by Crippen LogP contribution is 2.34. The third-order valence-corrected chi connectivity index (χ3v) is 4.95. The summed E-state index contributed by atoms with van der Waals surface area (Å²) in [6.07, 6.45) is 2.25. The minimum absolute atomic E-state index is 0.0207. The van der Waals surface area contributed by atoms with Crippen LogP contribution in [0, 0.1) is 10.8 Å². The summed E-state index contributed by atoms with van der Waals surface area (Å²) in [7, 11) is 0. The molecule has 0 saturated heterocycles. The Morgan fingerprint density at radius 1 is 0.645 bits per heavy atom. The molecule has 0 bridgehead atoms. The lowest BCUT2D eigenvalue weighted by atomic mass is 9.77. The van der Waals surface area contributed by atoms with Crippen LogP contribution in [-0.4, -0.2) is 34.1 Å². The fourth-order valence-corrected chi connectivity index (χ4v) is 5.40. The van der Waals surface area contributed by atoms with E-state index in [1.807, 2.05) is 55.4 Å². The van der Waals surface area contributed by atoms with Gasteiger partial charge in [-0.3, -0.25) is 9.59 Å². The molecule has 184 valence electrons. The number of carbonyl (C=O) groups excluding carboxylic acids is 2. The fraction of sp³-hybridized carbons (Fsp3) is 0.920. The number of hydrogen-bond donors (Lipinski definition) is 3. The molecule has 0 aliphatic carbocycles. The zero-order valence-corrected chi connectivity index (χ0v) is 22.3. The maximum atomic E-state index is 14.0. The van der Waals surface area contributed by atoms with Crippen molar-refractivity contribution in [2.45, 2.75) is 137 Å². The van der Waals surface area contributed by atoms with E-state index in [1.165, 1.54) is 13.8 Å². The SMILES string of the molecule is CC(C)(N)CC(C)(C)CC(=O)NC(C)(C)CC(C)(C)NC(=O)CC(C)(C)CC(C)(C)F. The molecule has 0 spiro atoms. The second-order valence-electron chi connectivity index (χ2n) is 13.8. The summed E-state index contributed by atoms with van der Waals surface area (Å²) in [5.74, 6) is -0.125. The first kappa shape index (κ1) is 29.8. The standard InChI is InChI=1S/C25H50FN3O2/c1-20(2,15-22(5,6)26)13-18(30)28-24(9,10)17-25(11,12)29-19(31)14-21(3,4)16-23(7,8)27/h13-17,27H2,1-12H3,(H,28,30)(H,29,31). The molecule has 0 unspecified atom stereocenters. The van der Waals surface area contributed by atoms with Crippen LogP contribution < -0.4 is 16.4 Å². The number of amides is 2. The van der Waals surface area contributed by atoms with E-state index in [1.54, 1.807) is 0 Å². The average molecular weight is 444 g/mol. The van der Waals surface area contributed by atoms with Crippen LogP contribution in [0.3, 0.4) is 0 Å². The smallest absolute Gasteiger partial charge is 0.220 e. The Morgan fingerprint density at radius 3 is 1.26 bits per heavy atom. The molecule has 31 heavy (non-hydrogen) atoms. The zero-order valence-electron chi connectivity index (χ0n) is 22.3.